The second-order valence-corrected chi connectivity index (χ2v) is 7.07. The summed E-state index contributed by atoms with van der Waals surface area (Å²) in [7, 11) is 1.68. The maximum absolute atomic E-state index is 12.0. The molecular weight excluding hydrogens is 356 g/mol. The molecule has 0 spiro atoms. The van der Waals surface area contributed by atoms with Crippen LogP contribution in [0.4, 0.5) is 10.5 Å². The van der Waals surface area contributed by atoms with Crippen LogP contribution in [0.2, 0.25) is 0 Å². The number of carbonyl (C=O) groups excluding carboxylic acids is 1. The molecule has 0 aliphatic carbocycles. The predicted octanol–water partition coefficient (Wildman–Crippen LogP) is 4.19. The topological polar surface area (TPSA) is 87.0 Å². The Bertz CT molecular complexity index is 850. The van der Waals surface area contributed by atoms with Crippen LogP contribution < -0.4 is 10.1 Å². The van der Waals surface area contributed by atoms with E-state index in [-0.39, 0.29) is 12.1 Å². The van der Waals surface area contributed by atoms with E-state index in [2.05, 4.69) is 10.3 Å². The summed E-state index contributed by atoms with van der Waals surface area (Å²) in [5.41, 5.74) is 0.996. The van der Waals surface area contributed by atoms with Crippen LogP contribution >= 0.6 is 0 Å². The summed E-state index contributed by atoms with van der Waals surface area (Å²) in [6, 6.07) is 16.4. The second kappa shape index (κ2) is 9.42. The van der Waals surface area contributed by atoms with E-state index < -0.39 is 5.60 Å². The minimum absolute atomic E-state index is 0.0762. The lowest BCUT2D eigenvalue weighted by molar-refractivity contribution is 0.0285. The first-order valence-electron chi connectivity index (χ1n) is 8.76. The minimum Gasteiger partial charge on any atom is -0.444 e. The van der Waals surface area contributed by atoms with Gasteiger partial charge in [0.2, 0.25) is 0 Å². The Labute approximate surface area is 165 Å². The maximum atomic E-state index is 12.0. The largest absolute Gasteiger partial charge is 0.444 e. The number of nitrogens with zero attached hydrogens (tertiary/aromatic N) is 3. The number of nitrogens with one attached hydrogen (secondary N) is 1. The van der Waals surface area contributed by atoms with Gasteiger partial charge in [-0.25, -0.2) is 10.1 Å². The number of amides is 1. The molecule has 146 valence electrons. The number of hydrogen-bond donors (Lipinski definition) is 1. The van der Waals surface area contributed by atoms with Crippen molar-refractivity contribution in [1.82, 2.24) is 10.2 Å². The molecule has 0 fully saturated rings. The van der Waals surface area contributed by atoms with E-state index in [0.29, 0.717) is 18.0 Å². The fraction of sp³-hybridized carbons (Fsp3) is 0.286. The van der Waals surface area contributed by atoms with Crippen LogP contribution in [0, 0.1) is 11.5 Å². The molecule has 0 aliphatic rings. The van der Waals surface area contributed by atoms with Gasteiger partial charge < -0.3 is 14.4 Å². The number of benzene rings is 2. The molecule has 0 aromatic heterocycles. The summed E-state index contributed by atoms with van der Waals surface area (Å²) in [6.45, 7) is 5.89. The number of hydrogen-bond acceptors (Lipinski definition) is 5. The van der Waals surface area contributed by atoms with E-state index in [9.17, 15) is 4.79 Å². The molecule has 2 rings (SSSR count). The Morgan fingerprint density at radius 2 is 1.79 bits per heavy atom. The highest BCUT2D eigenvalue weighted by molar-refractivity contribution is 5.80. The van der Waals surface area contributed by atoms with E-state index in [4.69, 9.17) is 14.7 Å². The quantitative estimate of drug-likeness (QED) is 0.372. The lowest BCUT2D eigenvalue weighted by atomic mass is 10.2. The summed E-state index contributed by atoms with van der Waals surface area (Å²) in [5, 5.41) is 11.3. The summed E-state index contributed by atoms with van der Waals surface area (Å²) >= 11 is 0. The van der Waals surface area contributed by atoms with Crippen LogP contribution in [-0.4, -0.2) is 29.7 Å². The smallest absolute Gasteiger partial charge is 0.410 e. The molecule has 2 aromatic carbocycles. The SMILES string of the molecule is CN(Cc1ccc(N=C(NC#N)Oc2ccccc2)cc1)C(=O)OC(C)(C)C. The molecule has 2 aromatic rings. The summed E-state index contributed by atoms with van der Waals surface area (Å²) in [5.74, 6) is 0.569. The Hall–Kier alpha value is -3.53. The standard InChI is InChI=1S/C21H24N4O3/c1-21(2,3)28-20(26)25(4)14-16-10-12-17(13-11-16)24-19(23-15-22)27-18-8-6-5-7-9-18/h5-13H,14H2,1-4H3,(H,23,24). The average molecular weight is 380 g/mol. The van der Waals surface area contributed by atoms with Crippen LogP contribution in [0.1, 0.15) is 26.3 Å². The van der Waals surface area contributed by atoms with Crippen LogP contribution in [0.3, 0.4) is 0 Å². The Morgan fingerprint density at radius 3 is 2.36 bits per heavy atom. The molecule has 0 aliphatic heterocycles. The Balaban J connectivity index is 2.04. The van der Waals surface area contributed by atoms with Gasteiger partial charge in [-0.2, -0.15) is 10.3 Å². The monoisotopic (exact) mass is 380 g/mol. The van der Waals surface area contributed by atoms with Crippen molar-refractivity contribution in [3.05, 3.63) is 60.2 Å². The third-order valence-corrected chi connectivity index (χ3v) is 3.41. The molecule has 28 heavy (non-hydrogen) atoms. The van der Waals surface area contributed by atoms with Gasteiger partial charge in [-0.1, -0.05) is 30.3 Å². The zero-order chi connectivity index (χ0) is 20.6. The molecule has 0 bridgehead atoms. The normalized spacial score (nSPS) is 11.3. The van der Waals surface area contributed by atoms with Gasteiger partial charge in [0.25, 0.3) is 0 Å². The second-order valence-electron chi connectivity index (χ2n) is 7.07. The highest BCUT2D eigenvalue weighted by atomic mass is 16.6. The number of carbonyl (C=O) groups is 1. The van der Waals surface area contributed by atoms with Gasteiger partial charge >= 0.3 is 12.1 Å². The third kappa shape index (κ3) is 7.00. The maximum Gasteiger partial charge on any atom is 0.410 e. The first-order chi connectivity index (χ1) is 13.3. The van der Waals surface area contributed by atoms with Crippen molar-refractivity contribution in [3.63, 3.8) is 0 Å². The molecule has 0 radical (unpaired) electrons. The molecule has 1 amide bonds. The molecule has 0 saturated carbocycles. The first kappa shape index (κ1) is 20.8. The summed E-state index contributed by atoms with van der Waals surface area (Å²) < 4.78 is 10.9. The molecule has 0 saturated heterocycles. The number of para-hydroxylation sites is 1. The van der Waals surface area contributed by atoms with Crippen molar-refractivity contribution >= 4 is 17.8 Å². The van der Waals surface area contributed by atoms with Crippen LogP contribution in [0.15, 0.2) is 59.6 Å². The Morgan fingerprint density at radius 1 is 1.14 bits per heavy atom. The number of ether oxygens (including phenoxy) is 2. The summed E-state index contributed by atoms with van der Waals surface area (Å²) in [4.78, 5) is 17.9. The van der Waals surface area contributed by atoms with Gasteiger partial charge in [0, 0.05) is 13.6 Å². The van der Waals surface area contributed by atoms with Crippen LogP contribution in [-0.2, 0) is 11.3 Å². The third-order valence-electron chi connectivity index (χ3n) is 3.41. The van der Waals surface area contributed by atoms with Crippen molar-refractivity contribution < 1.29 is 14.3 Å². The van der Waals surface area contributed by atoms with Crippen LogP contribution in [0.5, 0.6) is 5.75 Å². The van der Waals surface area contributed by atoms with Crippen molar-refractivity contribution in [2.45, 2.75) is 32.9 Å². The molecular formula is C21H24N4O3. The molecule has 0 heterocycles. The molecule has 0 unspecified atom stereocenters. The molecule has 1 N–H and O–H groups in total. The minimum atomic E-state index is -0.535. The van der Waals surface area contributed by atoms with E-state index in [0.717, 1.165) is 5.56 Å². The fourth-order valence-corrected chi connectivity index (χ4v) is 2.20. The highest BCUT2D eigenvalue weighted by Crippen LogP contribution is 2.17. The predicted molar refractivity (Wildman–Crippen MR) is 107 cm³/mol. The lowest BCUT2D eigenvalue weighted by Gasteiger charge is -2.24. The van der Waals surface area contributed by atoms with Crippen molar-refractivity contribution in [1.29, 1.82) is 5.26 Å². The van der Waals surface area contributed by atoms with Crippen molar-refractivity contribution in [2.75, 3.05) is 7.05 Å². The van der Waals surface area contributed by atoms with Gasteiger partial charge in [-0.3, -0.25) is 0 Å². The van der Waals surface area contributed by atoms with E-state index in [1.54, 1.807) is 31.3 Å². The Kier molecular flexibility index (Phi) is 6.99. The van der Waals surface area contributed by atoms with Gasteiger partial charge in [0.05, 0.1) is 5.69 Å². The zero-order valence-corrected chi connectivity index (χ0v) is 16.5. The number of nitriles is 1. The van der Waals surface area contributed by atoms with Gasteiger partial charge in [-0.05, 0) is 50.6 Å². The molecule has 7 heteroatoms. The number of rotatable bonds is 4. The van der Waals surface area contributed by atoms with E-state index in [1.165, 1.54) is 4.90 Å². The van der Waals surface area contributed by atoms with Crippen molar-refractivity contribution in [3.8, 4) is 11.9 Å². The van der Waals surface area contributed by atoms with E-state index in [1.807, 2.05) is 57.3 Å². The fourth-order valence-electron chi connectivity index (χ4n) is 2.20. The zero-order valence-electron chi connectivity index (χ0n) is 16.5. The highest BCUT2D eigenvalue weighted by Gasteiger charge is 2.19. The molecule has 7 nitrogen and oxygen atoms in total. The van der Waals surface area contributed by atoms with Crippen molar-refractivity contribution in [2.24, 2.45) is 4.99 Å². The van der Waals surface area contributed by atoms with E-state index >= 15 is 0 Å². The number of amidine groups is 1. The molecule has 0 atom stereocenters. The first-order valence-corrected chi connectivity index (χ1v) is 8.76. The summed E-state index contributed by atoms with van der Waals surface area (Å²) in [6.07, 6.45) is 1.43. The van der Waals surface area contributed by atoms with Crippen LogP contribution in [0.25, 0.3) is 0 Å². The average Bonchev–Trinajstić information content (AvgIpc) is 2.63. The number of aliphatic imine (C=N–C) groups is 1. The lowest BCUT2D eigenvalue weighted by Crippen LogP contribution is -2.33. The van der Waals surface area contributed by atoms with Gasteiger partial charge in [0.15, 0.2) is 6.19 Å². The van der Waals surface area contributed by atoms with Gasteiger partial charge in [0.1, 0.15) is 11.4 Å². The van der Waals surface area contributed by atoms with Gasteiger partial charge in [-0.15, -0.1) is 0 Å².